The van der Waals surface area contributed by atoms with E-state index in [1.807, 2.05) is 31.2 Å². The molecule has 3 heterocycles. The highest BCUT2D eigenvalue weighted by molar-refractivity contribution is 6.04. The van der Waals surface area contributed by atoms with E-state index in [-0.39, 0.29) is 11.4 Å². The fourth-order valence-electron chi connectivity index (χ4n) is 4.06. The van der Waals surface area contributed by atoms with Crippen molar-refractivity contribution in [3.05, 3.63) is 36.0 Å². The summed E-state index contributed by atoms with van der Waals surface area (Å²) in [5.41, 5.74) is 2.41. The number of fused-ring (bicyclic) bond motifs is 2. The first-order chi connectivity index (χ1) is 10.7. The van der Waals surface area contributed by atoms with Crippen LogP contribution in [-0.2, 0) is 4.79 Å². The first-order valence-electron chi connectivity index (χ1n) is 8.12. The molecule has 2 saturated heterocycles. The van der Waals surface area contributed by atoms with Crippen molar-refractivity contribution in [1.82, 2.24) is 9.88 Å². The molecular weight excluding hydrogens is 274 g/mol. The van der Waals surface area contributed by atoms with Crippen LogP contribution in [0, 0.1) is 6.92 Å². The lowest BCUT2D eigenvalue weighted by Crippen LogP contribution is -2.48. The first-order valence-corrected chi connectivity index (χ1v) is 8.12. The summed E-state index contributed by atoms with van der Waals surface area (Å²) in [7, 11) is 0. The van der Waals surface area contributed by atoms with E-state index < -0.39 is 0 Å². The van der Waals surface area contributed by atoms with Gasteiger partial charge in [-0.2, -0.15) is 0 Å². The van der Waals surface area contributed by atoms with E-state index in [0.717, 1.165) is 61.1 Å². The second kappa shape index (κ2) is 5.06. The minimum absolute atomic E-state index is 0.151. The zero-order valence-corrected chi connectivity index (χ0v) is 12.9. The van der Waals surface area contributed by atoms with Gasteiger partial charge in [-0.05, 0) is 57.8 Å². The highest BCUT2D eigenvalue weighted by Gasteiger charge is 2.49. The number of aryl methyl sites for hydroxylation is 1. The molecule has 1 N–H and O–H groups in total. The van der Waals surface area contributed by atoms with E-state index in [1.54, 1.807) is 0 Å². The van der Waals surface area contributed by atoms with Crippen molar-refractivity contribution in [2.75, 3.05) is 18.4 Å². The Labute approximate surface area is 130 Å². The van der Waals surface area contributed by atoms with Gasteiger partial charge in [-0.25, -0.2) is 0 Å². The number of hydrogen-bond acceptors (Lipinski definition) is 3. The van der Waals surface area contributed by atoms with Gasteiger partial charge in [-0.3, -0.25) is 14.7 Å². The standard InChI is InChI=1S/C18H21N3O/c1-13-7-8-14-5-2-6-15(16(14)19-13)20-17(22)18-9-3-11-21(18)12-4-10-18/h2,5-8H,3-4,9-12H2,1H3,(H,20,22). The van der Waals surface area contributed by atoms with Crippen molar-refractivity contribution in [2.24, 2.45) is 0 Å². The predicted molar refractivity (Wildman–Crippen MR) is 87.9 cm³/mol. The van der Waals surface area contributed by atoms with Gasteiger partial charge in [0.15, 0.2) is 0 Å². The lowest BCUT2D eigenvalue weighted by molar-refractivity contribution is -0.125. The Morgan fingerprint density at radius 1 is 1.18 bits per heavy atom. The SMILES string of the molecule is Cc1ccc2cccc(NC(=O)C34CCCN3CCC4)c2n1. The van der Waals surface area contributed by atoms with Gasteiger partial charge < -0.3 is 5.32 Å². The van der Waals surface area contributed by atoms with Gasteiger partial charge in [-0.1, -0.05) is 18.2 Å². The van der Waals surface area contributed by atoms with Gasteiger partial charge in [0.25, 0.3) is 0 Å². The predicted octanol–water partition coefficient (Wildman–Crippen LogP) is 3.11. The van der Waals surface area contributed by atoms with E-state index in [1.165, 1.54) is 0 Å². The van der Waals surface area contributed by atoms with Crippen LogP contribution in [0.2, 0.25) is 0 Å². The number of para-hydroxylation sites is 1. The molecular formula is C18H21N3O. The quantitative estimate of drug-likeness (QED) is 0.926. The maximum atomic E-state index is 13.0. The maximum Gasteiger partial charge on any atom is 0.244 e. The number of carbonyl (C=O) groups is 1. The molecule has 2 aromatic rings. The summed E-state index contributed by atoms with van der Waals surface area (Å²) >= 11 is 0. The van der Waals surface area contributed by atoms with Crippen LogP contribution >= 0.6 is 0 Å². The molecule has 2 fully saturated rings. The average molecular weight is 295 g/mol. The van der Waals surface area contributed by atoms with Crippen LogP contribution < -0.4 is 5.32 Å². The Kier molecular flexibility index (Phi) is 3.15. The number of benzene rings is 1. The molecule has 0 unspecified atom stereocenters. The fraction of sp³-hybridized carbons (Fsp3) is 0.444. The summed E-state index contributed by atoms with van der Waals surface area (Å²) in [4.78, 5) is 19.9. The Bertz CT molecular complexity index is 730. The monoisotopic (exact) mass is 295 g/mol. The first kappa shape index (κ1) is 13.7. The molecule has 0 spiro atoms. The van der Waals surface area contributed by atoms with Crippen molar-refractivity contribution in [3.8, 4) is 0 Å². The van der Waals surface area contributed by atoms with Crippen LogP contribution in [-0.4, -0.2) is 34.4 Å². The number of nitrogens with one attached hydrogen (secondary N) is 1. The second-order valence-corrected chi connectivity index (χ2v) is 6.51. The Balaban J connectivity index is 1.69. The number of anilines is 1. The van der Waals surface area contributed by atoms with Gasteiger partial charge in [0.1, 0.15) is 5.54 Å². The molecule has 114 valence electrons. The smallest absolute Gasteiger partial charge is 0.244 e. The maximum absolute atomic E-state index is 13.0. The highest BCUT2D eigenvalue weighted by atomic mass is 16.2. The lowest BCUT2D eigenvalue weighted by atomic mass is 9.93. The largest absolute Gasteiger partial charge is 0.323 e. The third-order valence-corrected chi connectivity index (χ3v) is 5.17. The number of pyridine rings is 1. The molecule has 2 aliphatic heterocycles. The molecule has 0 bridgehead atoms. The number of nitrogens with zero attached hydrogens (tertiary/aromatic N) is 2. The van der Waals surface area contributed by atoms with Gasteiger partial charge in [-0.15, -0.1) is 0 Å². The summed E-state index contributed by atoms with van der Waals surface area (Å²) < 4.78 is 0. The number of rotatable bonds is 2. The van der Waals surface area contributed by atoms with Crippen LogP contribution in [0.4, 0.5) is 5.69 Å². The molecule has 1 amide bonds. The minimum Gasteiger partial charge on any atom is -0.323 e. The van der Waals surface area contributed by atoms with Crippen LogP contribution in [0.1, 0.15) is 31.4 Å². The molecule has 22 heavy (non-hydrogen) atoms. The molecule has 0 saturated carbocycles. The summed E-state index contributed by atoms with van der Waals surface area (Å²) in [5, 5.41) is 4.24. The normalized spacial score (nSPS) is 20.2. The molecule has 4 nitrogen and oxygen atoms in total. The number of aromatic nitrogens is 1. The summed E-state index contributed by atoms with van der Waals surface area (Å²) in [6.07, 6.45) is 4.22. The molecule has 4 rings (SSSR count). The Hall–Kier alpha value is -1.94. The van der Waals surface area contributed by atoms with Crippen molar-refractivity contribution in [1.29, 1.82) is 0 Å². The van der Waals surface area contributed by atoms with E-state index in [4.69, 9.17) is 0 Å². The van der Waals surface area contributed by atoms with E-state index in [9.17, 15) is 4.79 Å². The summed E-state index contributed by atoms with van der Waals surface area (Å²) in [5.74, 6) is 0.151. The van der Waals surface area contributed by atoms with Gasteiger partial charge in [0.05, 0.1) is 11.2 Å². The number of amides is 1. The van der Waals surface area contributed by atoms with Gasteiger partial charge >= 0.3 is 0 Å². The third kappa shape index (κ3) is 2.02. The molecule has 0 aliphatic carbocycles. The van der Waals surface area contributed by atoms with Gasteiger partial charge in [0, 0.05) is 11.1 Å². The van der Waals surface area contributed by atoms with Crippen LogP contribution in [0.15, 0.2) is 30.3 Å². The van der Waals surface area contributed by atoms with Crippen molar-refractivity contribution < 1.29 is 4.79 Å². The van der Waals surface area contributed by atoms with Crippen LogP contribution in [0.3, 0.4) is 0 Å². The Morgan fingerprint density at radius 2 is 1.95 bits per heavy atom. The summed E-state index contributed by atoms with van der Waals surface area (Å²) in [6, 6.07) is 10.0. The minimum atomic E-state index is -0.272. The molecule has 0 radical (unpaired) electrons. The number of hydrogen-bond donors (Lipinski definition) is 1. The van der Waals surface area contributed by atoms with E-state index in [0.29, 0.717) is 0 Å². The van der Waals surface area contributed by atoms with Crippen molar-refractivity contribution in [3.63, 3.8) is 0 Å². The van der Waals surface area contributed by atoms with E-state index >= 15 is 0 Å². The number of carbonyl (C=O) groups excluding carboxylic acids is 1. The topological polar surface area (TPSA) is 45.2 Å². The molecule has 1 aromatic heterocycles. The van der Waals surface area contributed by atoms with Crippen LogP contribution in [0.25, 0.3) is 10.9 Å². The summed E-state index contributed by atoms with van der Waals surface area (Å²) in [6.45, 7) is 4.09. The third-order valence-electron chi connectivity index (χ3n) is 5.17. The second-order valence-electron chi connectivity index (χ2n) is 6.51. The van der Waals surface area contributed by atoms with E-state index in [2.05, 4.69) is 21.3 Å². The molecule has 4 heteroatoms. The van der Waals surface area contributed by atoms with Crippen LogP contribution in [0.5, 0.6) is 0 Å². The lowest BCUT2D eigenvalue weighted by Gasteiger charge is -2.30. The zero-order chi connectivity index (χ0) is 15.2. The van der Waals surface area contributed by atoms with Gasteiger partial charge in [0.2, 0.25) is 5.91 Å². The molecule has 0 atom stereocenters. The zero-order valence-electron chi connectivity index (χ0n) is 12.9. The molecule has 1 aromatic carbocycles. The fourth-order valence-corrected chi connectivity index (χ4v) is 4.06. The molecule has 2 aliphatic rings. The van der Waals surface area contributed by atoms with Crippen molar-refractivity contribution >= 4 is 22.5 Å². The van der Waals surface area contributed by atoms with Crippen molar-refractivity contribution in [2.45, 2.75) is 38.1 Å². The highest BCUT2D eigenvalue weighted by Crippen LogP contribution is 2.40. The average Bonchev–Trinajstić information content (AvgIpc) is 3.08. The Morgan fingerprint density at radius 3 is 2.73 bits per heavy atom.